The van der Waals surface area contributed by atoms with E-state index in [1.807, 2.05) is 6.08 Å². The normalized spacial score (nSPS) is 27.0. The Labute approximate surface area is 86.0 Å². The van der Waals surface area contributed by atoms with Gasteiger partial charge in [-0.1, -0.05) is 13.8 Å². The predicted molar refractivity (Wildman–Crippen MR) is 57.2 cm³/mol. The Kier molecular flexibility index (Phi) is 2.48. The quantitative estimate of drug-likeness (QED) is 0.668. The minimum absolute atomic E-state index is 0.240. The van der Waals surface area contributed by atoms with E-state index in [9.17, 15) is 4.79 Å². The number of rotatable bonds is 2. The second kappa shape index (κ2) is 3.50. The third-order valence-corrected chi connectivity index (χ3v) is 3.54. The third-order valence-electron chi connectivity index (χ3n) is 3.54. The van der Waals surface area contributed by atoms with E-state index in [0.29, 0.717) is 5.78 Å². The van der Waals surface area contributed by atoms with Crippen LogP contribution in [0.15, 0.2) is 11.6 Å². The van der Waals surface area contributed by atoms with Crippen LogP contribution >= 0.6 is 0 Å². The van der Waals surface area contributed by atoms with Crippen LogP contribution in [0.25, 0.3) is 0 Å². The lowest BCUT2D eigenvalue weighted by Gasteiger charge is -2.38. The highest BCUT2D eigenvalue weighted by molar-refractivity contribution is 5.91. The van der Waals surface area contributed by atoms with Gasteiger partial charge >= 0.3 is 0 Å². The molecule has 0 aromatic carbocycles. The molecule has 1 fully saturated rings. The predicted octanol–water partition coefficient (Wildman–Crippen LogP) is 2.01. The van der Waals surface area contributed by atoms with Crippen LogP contribution in [0.3, 0.4) is 0 Å². The van der Waals surface area contributed by atoms with Gasteiger partial charge in [0.25, 0.3) is 0 Å². The number of allylic oxidation sites excluding steroid dienone is 1. The first kappa shape index (κ1) is 9.91. The summed E-state index contributed by atoms with van der Waals surface area (Å²) in [6, 6.07) is 0. The van der Waals surface area contributed by atoms with E-state index >= 15 is 0 Å². The van der Waals surface area contributed by atoms with Crippen LogP contribution in [0.1, 0.15) is 33.1 Å². The fourth-order valence-electron chi connectivity index (χ4n) is 2.10. The molecule has 0 aromatic rings. The maximum absolute atomic E-state index is 11.4. The summed E-state index contributed by atoms with van der Waals surface area (Å²) in [5.41, 5.74) is 1.58. The highest BCUT2D eigenvalue weighted by Gasteiger charge is 2.30. The zero-order valence-corrected chi connectivity index (χ0v) is 9.18. The third kappa shape index (κ3) is 1.90. The van der Waals surface area contributed by atoms with Crippen LogP contribution in [0, 0.1) is 5.41 Å². The Morgan fingerprint density at radius 3 is 2.71 bits per heavy atom. The van der Waals surface area contributed by atoms with E-state index in [1.165, 1.54) is 25.1 Å². The number of likely N-dealkylation sites (tertiary alicyclic amines) is 1. The fourth-order valence-corrected chi connectivity index (χ4v) is 2.10. The largest absolute Gasteiger partial charge is 0.299 e. The molecule has 0 bridgehead atoms. The van der Waals surface area contributed by atoms with Crippen molar-refractivity contribution in [2.45, 2.75) is 33.1 Å². The molecule has 2 heteroatoms. The lowest BCUT2D eigenvalue weighted by Crippen LogP contribution is -2.41. The minimum atomic E-state index is 0.240. The van der Waals surface area contributed by atoms with Gasteiger partial charge in [0.15, 0.2) is 5.78 Å². The number of nitrogens with zero attached hydrogens (tertiary/aromatic N) is 1. The SMILES string of the molecule is CC1(C)CCC(=O)C=C1CN1CCC1. The van der Waals surface area contributed by atoms with E-state index in [-0.39, 0.29) is 5.41 Å². The lowest BCUT2D eigenvalue weighted by atomic mass is 9.75. The van der Waals surface area contributed by atoms with Crippen molar-refractivity contribution in [2.24, 2.45) is 5.41 Å². The number of ketones is 1. The van der Waals surface area contributed by atoms with Crippen molar-refractivity contribution in [3.63, 3.8) is 0 Å². The second-order valence-electron chi connectivity index (χ2n) is 5.15. The van der Waals surface area contributed by atoms with Gasteiger partial charge in [0.1, 0.15) is 0 Å². The molecule has 78 valence electrons. The monoisotopic (exact) mass is 193 g/mol. The van der Waals surface area contributed by atoms with Crippen molar-refractivity contribution in [1.29, 1.82) is 0 Å². The molecular weight excluding hydrogens is 174 g/mol. The van der Waals surface area contributed by atoms with Crippen LogP contribution in [0.2, 0.25) is 0 Å². The van der Waals surface area contributed by atoms with E-state index in [2.05, 4.69) is 18.7 Å². The Morgan fingerprint density at radius 1 is 1.43 bits per heavy atom. The Bertz CT molecular complexity index is 274. The molecule has 0 radical (unpaired) electrons. The molecule has 0 amide bonds. The molecule has 0 unspecified atom stereocenters. The van der Waals surface area contributed by atoms with E-state index in [4.69, 9.17) is 0 Å². The Balaban J connectivity index is 2.07. The van der Waals surface area contributed by atoms with Gasteiger partial charge in [-0.15, -0.1) is 0 Å². The van der Waals surface area contributed by atoms with Crippen molar-refractivity contribution in [1.82, 2.24) is 4.90 Å². The van der Waals surface area contributed by atoms with Gasteiger partial charge in [0.05, 0.1) is 0 Å². The molecule has 0 saturated carbocycles. The number of carbonyl (C=O) groups is 1. The molecule has 0 atom stereocenters. The topological polar surface area (TPSA) is 20.3 Å². The molecule has 1 aliphatic carbocycles. The molecule has 2 nitrogen and oxygen atoms in total. The number of hydrogen-bond acceptors (Lipinski definition) is 2. The summed E-state index contributed by atoms with van der Waals surface area (Å²) in [7, 11) is 0. The maximum atomic E-state index is 11.4. The summed E-state index contributed by atoms with van der Waals surface area (Å²) in [5.74, 6) is 0.319. The van der Waals surface area contributed by atoms with Gasteiger partial charge in [0.2, 0.25) is 0 Å². The van der Waals surface area contributed by atoms with E-state index in [1.54, 1.807) is 0 Å². The smallest absolute Gasteiger partial charge is 0.155 e. The average molecular weight is 193 g/mol. The van der Waals surface area contributed by atoms with Crippen molar-refractivity contribution in [3.05, 3.63) is 11.6 Å². The molecule has 0 spiro atoms. The Hall–Kier alpha value is -0.630. The molecule has 14 heavy (non-hydrogen) atoms. The maximum Gasteiger partial charge on any atom is 0.155 e. The summed E-state index contributed by atoms with van der Waals surface area (Å²) in [6.07, 6.45) is 4.96. The average Bonchev–Trinajstić information content (AvgIpc) is 2.03. The molecule has 2 aliphatic rings. The standard InChI is InChI=1S/C12H19NO/c1-12(2)5-4-11(14)8-10(12)9-13-6-3-7-13/h8H,3-7,9H2,1-2H3. The van der Waals surface area contributed by atoms with Gasteiger partial charge in [-0.05, 0) is 43.0 Å². The zero-order valence-electron chi connectivity index (χ0n) is 9.18. The van der Waals surface area contributed by atoms with Crippen molar-refractivity contribution >= 4 is 5.78 Å². The van der Waals surface area contributed by atoms with Crippen LogP contribution in [0.4, 0.5) is 0 Å². The number of carbonyl (C=O) groups excluding carboxylic acids is 1. The lowest BCUT2D eigenvalue weighted by molar-refractivity contribution is -0.115. The molecule has 1 heterocycles. The van der Waals surface area contributed by atoms with Crippen LogP contribution < -0.4 is 0 Å². The summed E-state index contributed by atoms with van der Waals surface area (Å²) in [5, 5.41) is 0. The molecule has 2 rings (SSSR count). The van der Waals surface area contributed by atoms with E-state index in [0.717, 1.165) is 19.4 Å². The van der Waals surface area contributed by atoms with Gasteiger partial charge in [-0.2, -0.15) is 0 Å². The molecule has 1 aliphatic heterocycles. The van der Waals surface area contributed by atoms with Crippen LogP contribution in [-0.4, -0.2) is 30.3 Å². The second-order valence-corrected chi connectivity index (χ2v) is 5.15. The fraction of sp³-hybridized carbons (Fsp3) is 0.750. The zero-order chi connectivity index (χ0) is 10.2. The van der Waals surface area contributed by atoms with Crippen molar-refractivity contribution in [2.75, 3.05) is 19.6 Å². The number of hydrogen-bond donors (Lipinski definition) is 0. The van der Waals surface area contributed by atoms with Crippen LogP contribution in [-0.2, 0) is 4.79 Å². The van der Waals surface area contributed by atoms with Gasteiger partial charge < -0.3 is 0 Å². The summed E-state index contributed by atoms with van der Waals surface area (Å²) >= 11 is 0. The highest BCUT2D eigenvalue weighted by atomic mass is 16.1. The van der Waals surface area contributed by atoms with Crippen molar-refractivity contribution in [3.8, 4) is 0 Å². The molecular formula is C12H19NO. The Morgan fingerprint density at radius 2 is 2.14 bits per heavy atom. The molecule has 0 aromatic heterocycles. The minimum Gasteiger partial charge on any atom is -0.299 e. The highest BCUT2D eigenvalue weighted by Crippen LogP contribution is 2.36. The van der Waals surface area contributed by atoms with Crippen molar-refractivity contribution < 1.29 is 4.79 Å². The first-order chi connectivity index (χ1) is 6.58. The van der Waals surface area contributed by atoms with Gasteiger partial charge in [-0.25, -0.2) is 0 Å². The summed E-state index contributed by atoms with van der Waals surface area (Å²) in [6.45, 7) is 7.94. The first-order valence-electron chi connectivity index (χ1n) is 5.54. The summed E-state index contributed by atoms with van der Waals surface area (Å²) in [4.78, 5) is 13.8. The molecule has 0 N–H and O–H groups in total. The molecule has 1 saturated heterocycles. The first-order valence-corrected chi connectivity index (χ1v) is 5.54. The van der Waals surface area contributed by atoms with Gasteiger partial charge in [0, 0.05) is 13.0 Å². The summed E-state index contributed by atoms with van der Waals surface area (Å²) < 4.78 is 0. The van der Waals surface area contributed by atoms with Crippen LogP contribution in [0.5, 0.6) is 0 Å². The van der Waals surface area contributed by atoms with Gasteiger partial charge in [-0.3, -0.25) is 9.69 Å². The van der Waals surface area contributed by atoms with E-state index < -0.39 is 0 Å².